The predicted molar refractivity (Wildman–Crippen MR) is 148 cm³/mol. The van der Waals surface area contributed by atoms with E-state index < -0.39 is 29.1 Å². The fraction of sp³-hybridized carbons (Fsp3) is 0.438. The first kappa shape index (κ1) is 30.1. The summed E-state index contributed by atoms with van der Waals surface area (Å²) in [6, 6.07) is 9.47. The second-order valence-corrected chi connectivity index (χ2v) is 10.1. The van der Waals surface area contributed by atoms with Crippen LogP contribution in [0.4, 0.5) is 4.39 Å². The molecule has 0 spiro atoms. The second kappa shape index (κ2) is 12.2. The van der Waals surface area contributed by atoms with Gasteiger partial charge in [0.1, 0.15) is 12.0 Å². The molecular weight excluding hydrogens is 499 g/mol. The Bertz CT molecular complexity index is 1320. The van der Waals surface area contributed by atoms with E-state index in [1.165, 1.54) is 7.11 Å². The highest BCUT2D eigenvalue weighted by Crippen LogP contribution is 2.54. The molecule has 0 aliphatic heterocycles. The van der Waals surface area contributed by atoms with Crippen molar-refractivity contribution in [2.24, 2.45) is 5.92 Å². The van der Waals surface area contributed by atoms with Crippen molar-refractivity contribution in [3.63, 3.8) is 0 Å². The van der Waals surface area contributed by atoms with E-state index >= 15 is 4.39 Å². The molecule has 0 saturated carbocycles. The molecule has 0 saturated heterocycles. The van der Waals surface area contributed by atoms with Gasteiger partial charge in [0.15, 0.2) is 18.4 Å². The van der Waals surface area contributed by atoms with E-state index in [1.54, 1.807) is 27.7 Å². The summed E-state index contributed by atoms with van der Waals surface area (Å²) >= 11 is 0. The maximum Gasteiger partial charge on any atom is 0.340 e. The molecule has 0 radical (unpaired) electrons. The minimum atomic E-state index is -1.69. The molecule has 3 rings (SSSR count). The summed E-state index contributed by atoms with van der Waals surface area (Å²) < 4.78 is 32.5. The number of ether oxygens (including phenoxy) is 3. The third-order valence-corrected chi connectivity index (χ3v) is 8.23. The Labute approximate surface area is 230 Å². The molecule has 7 heteroatoms. The maximum atomic E-state index is 16.4. The van der Waals surface area contributed by atoms with Gasteiger partial charge in [0, 0.05) is 13.0 Å². The van der Waals surface area contributed by atoms with Gasteiger partial charge in [0.25, 0.3) is 0 Å². The highest BCUT2D eigenvalue weighted by molar-refractivity contribution is 5.96. The lowest BCUT2D eigenvalue weighted by Gasteiger charge is -2.44. The third kappa shape index (κ3) is 5.00. The average Bonchev–Trinajstić information content (AvgIpc) is 2.92. The molecule has 6 nitrogen and oxygen atoms in total. The number of carboxylic acid groups (broad SMARTS) is 1. The van der Waals surface area contributed by atoms with Crippen molar-refractivity contribution in [1.29, 1.82) is 0 Å². The van der Waals surface area contributed by atoms with Crippen molar-refractivity contribution in [2.75, 3.05) is 13.9 Å². The van der Waals surface area contributed by atoms with Crippen LogP contribution in [0.15, 0.2) is 53.1 Å². The van der Waals surface area contributed by atoms with Gasteiger partial charge >= 0.3 is 11.9 Å². The number of esters is 1. The Morgan fingerprint density at radius 2 is 1.64 bits per heavy atom. The molecular formula is C32H39FO6. The third-order valence-electron chi connectivity index (χ3n) is 8.23. The number of allylic oxidation sites excluding steroid dienone is 2. The topological polar surface area (TPSA) is 82.1 Å². The summed E-state index contributed by atoms with van der Waals surface area (Å²) in [5.41, 5.74) is 3.39. The summed E-state index contributed by atoms with van der Waals surface area (Å²) in [5, 5.41) is 11.0. The number of benzene rings is 2. The molecule has 2 unspecified atom stereocenters. The quantitative estimate of drug-likeness (QED) is 0.258. The van der Waals surface area contributed by atoms with Crippen molar-refractivity contribution >= 4 is 11.9 Å². The van der Waals surface area contributed by atoms with Gasteiger partial charge in [-0.2, -0.15) is 0 Å². The van der Waals surface area contributed by atoms with Gasteiger partial charge in [-0.05, 0) is 85.1 Å². The molecule has 0 heterocycles. The smallest absolute Gasteiger partial charge is 0.340 e. The van der Waals surface area contributed by atoms with E-state index in [9.17, 15) is 14.7 Å². The van der Waals surface area contributed by atoms with Crippen LogP contribution < -0.4 is 0 Å². The van der Waals surface area contributed by atoms with Gasteiger partial charge in [0.05, 0.1) is 5.56 Å². The van der Waals surface area contributed by atoms with Crippen molar-refractivity contribution in [3.8, 4) is 0 Å². The van der Waals surface area contributed by atoms with Crippen LogP contribution in [-0.2, 0) is 37.4 Å². The minimum absolute atomic E-state index is 0.0917. The Balaban J connectivity index is 2.30. The standard InChI is InChI=1S/C32H39FO6/c1-9-24-20(5)26(30(34)39-17-37-8)18(3)19(4)27(24)32(31(35)36)21(6)25(10-2)29(28(33)22(32)7)38-16-23-14-12-11-13-15-23/h11-15,21H,9-10,16-17H2,1-8H3,(H,35,36). The van der Waals surface area contributed by atoms with E-state index in [1.807, 2.05) is 51.1 Å². The lowest BCUT2D eigenvalue weighted by atomic mass is 9.58. The van der Waals surface area contributed by atoms with Crippen LogP contribution in [0.5, 0.6) is 0 Å². The predicted octanol–water partition coefficient (Wildman–Crippen LogP) is 7.03. The summed E-state index contributed by atoms with van der Waals surface area (Å²) in [7, 11) is 1.43. The van der Waals surface area contributed by atoms with Crippen LogP contribution in [0.3, 0.4) is 0 Å². The molecule has 2 atom stereocenters. The number of carbonyl (C=O) groups excluding carboxylic acids is 1. The molecule has 0 fully saturated rings. The van der Waals surface area contributed by atoms with E-state index in [0.29, 0.717) is 51.8 Å². The van der Waals surface area contributed by atoms with Crippen molar-refractivity contribution in [1.82, 2.24) is 0 Å². The number of carbonyl (C=O) groups is 2. The molecule has 2 aromatic rings. The molecule has 0 amide bonds. The number of methoxy groups -OCH3 is 1. The van der Waals surface area contributed by atoms with Gasteiger partial charge < -0.3 is 19.3 Å². The summed E-state index contributed by atoms with van der Waals surface area (Å²) in [6.07, 6.45) is 0.868. The van der Waals surface area contributed by atoms with Gasteiger partial charge in [-0.25, -0.2) is 9.18 Å². The summed E-state index contributed by atoms with van der Waals surface area (Å²) in [6.45, 7) is 12.5. The Morgan fingerprint density at radius 3 is 2.18 bits per heavy atom. The van der Waals surface area contributed by atoms with Crippen LogP contribution in [0, 0.1) is 26.7 Å². The van der Waals surface area contributed by atoms with Crippen LogP contribution in [0.25, 0.3) is 0 Å². The summed E-state index contributed by atoms with van der Waals surface area (Å²) in [5.74, 6) is -2.82. The first-order valence-electron chi connectivity index (χ1n) is 13.3. The SMILES string of the molecule is CCC1=C(OCc2ccccc2)C(F)=C(C)C(C(=O)O)(c2c(C)c(C)c(C(=O)OCOC)c(C)c2CC)C1C. The number of halogens is 1. The number of carboxylic acids is 1. The number of hydrogen-bond donors (Lipinski definition) is 1. The lowest BCUT2D eigenvalue weighted by molar-refractivity contribution is -0.144. The zero-order valence-corrected chi connectivity index (χ0v) is 24.2. The van der Waals surface area contributed by atoms with Crippen molar-refractivity contribution < 1.29 is 33.3 Å². The molecule has 2 aromatic carbocycles. The monoisotopic (exact) mass is 538 g/mol. The zero-order valence-electron chi connectivity index (χ0n) is 24.2. The molecule has 210 valence electrons. The summed E-state index contributed by atoms with van der Waals surface area (Å²) in [4.78, 5) is 26.4. The molecule has 0 bridgehead atoms. The molecule has 1 aliphatic rings. The average molecular weight is 539 g/mol. The highest BCUT2D eigenvalue weighted by Gasteiger charge is 2.55. The van der Waals surface area contributed by atoms with Crippen LogP contribution in [0.2, 0.25) is 0 Å². The van der Waals surface area contributed by atoms with Crippen LogP contribution in [-0.4, -0.2) is 30.9 Å². The van der Waals surface area contributed by atoms with Gasteiger partial charge in [-0.1, -0.05) is 51.1 Å². The number of hydrogen-bond acceptors (Lipinski definition) is 5. The van der Waals surface area contributed by atoms with Gasteiger partial charge in [-0.15, -0.1) is 0 Å². The lowest BCUT2D eigenvalue weighted by Crippen LogP contribution is -2.48. The van der Waals surface area contributed by atoms with Gasteiger partial charge in [-0.3, -0.25) is 4.79 Å². The second-order valence-electron chi connectivity index (χ2n) is 10.1. The normalized spacial score (nSPS) is 19.4. The largest absolute Gasteiger partial charge is 0.486 e. The van der Waals surface area contributed by atoms with E-state index in [0.717, 1.165) is 5.56 Å². The Kier molecular flexibility index (Phi) is 9.38. The highest BCUT2D eigenvalue weighted by atomic mass is 19.1. The molecule has 1 N–H and O–H groups in total. The number of rotatable bonds is 10. The fourth-order valence-electron chi connectivity index (χ4n) is 6.16. The molecule has 0 aromatic heterocycles. The molecule has 1 aliphatic carbocycles. The van der Waals surface area contributed by atoms with Crippen molar-refractivity contribution in [3.05, 3.63) is 92.0 Å². The molecule has 39 heavy (non-hydrogen) atoms. The first-order valence-corrected chi connectivity index (χ1v) is 13.3. The Hall–Kier alpha value is -3.45. The van der Waals surface area contributed by atoms with E-state index in [4.69, 9.17) is 14.2 Å². The van der Waals surface area contributed by atoms with Crippen LogP contribution >= 0.6 is 0 Å². The zero-order chi connectivity index (χ0) is 29.1. The van der Waals surface area contributed by atoms with Gasteiger partial charge in [0.2, 0.25) is 0 Å². The Morgan fingerprint density at radius 1 is 1.00 bits per heavy atom. The maximum absolute atomic E-state index is 16.4. The van der Waals surface area contributed by atoms with Crippen molar-refractivity contribution in [2.45, 2.75) is 73.3 Å². The van der Waals surface area contributed by atoms with E-state index in [2.05, 4.69) is 0 Å². The minimum Gasteiger partial charge on any atom is -0.486 e. The van der Waals surface area contributed by atoms with Crippen LogP contribution in [0.1, 0.15) is 77.9 Å². The number of aliphatic carboxylic acids is 1. The fourth-order valence-corrected chi connectivity index (χ4v) is 6.16. The van der Waals surface area contributed by atoms with E-state index in [-0.39, 0.29) is 24.7 Å². The first-order chi connectivity index (χ1) is 18.5.